The predicted octanol–water partition coefficient (Wildman–Crippen LogP) is 17.1. The molecule has 13 rings (SSSR count). The minimum atomic E-state index is -0.534. The van der Waals surface area contributed by atoms with Crippen molar-refractivity contribution in [3.8, 4) is 33.4 Å². The van der Waals surface area contributed by atoms with Crippen LogP contribution in [-0.4, -0.2) is 0 Å². The van der Waals surface area contributed by atoms with Crippen molar-refractivity contribution < 1.29 is 4.42 Å². The first-order chi connectivity index (χ1) is 32.2. The molecule has 0 fully saturated rings. The van der Waals surface area contributed by atoms with Gasteiger partial charge in [0.1, 0.15) is 11.2 Å². The largest absolute Gasteiger partial charge is 0.455 e. The molecule has 0 bridgehead atoms. The molecule has 0 amide bonds. The van der Waals surface area contributed by atoms with E-state index in [1.807, 2.05) is 6.07 Å². The van der Waals surface area contributed by atoms with E-state index in [0.29, 0.717) is 0 Å². The summed E-state index contributed by atoms with van der Waals surface area (Å²) in [5.41, 5.74) is 16.8. The van der Waals surface area contributed by atoms with E-state index in [9.17, 15) is 0 Å². The van der Waals surface area contributed by atoms with Gasteiger partial charge in [0.05, 0.1) is 11.1 Å². The molecular weight excluding hydrogens is 787 g/mol. The van der Waals surface area contributed by atoms with Gasteiger partial charge in [0.2, 0.25) is 0 Å². The molecular formula is C63H41NO. The molecule has 0 atom stereocenters. The zero-order valence-corrected chi connectivity index (χ0v) is 35.5. The molecule has 65 heavy (non-hydrogen) atoms. The summed E-state index contributed by atoms with van der Waals surface area (Å²) in [5.74, 6) is 0. The molecule has 1 heterocycles. The van der Waals surface area contributed by atoms with Crippen LogP contribution in [0.25, 0.3) is 76.9 Å². The van der Waals surface area contributed by atoms with Crippen LogP contribution >= 0.6 is 0 Å². The van der Waals surface area contributed by atoms with Crippen LogP contribution in [0.2, 0.25) is 0 Å². The quantitative estimate of drug-likeness (QED) is 0.159. The van der Waals surface area contributed by atoms with Gasteiger partial charge in [-0.25, -0.2) is 0 Å². The van der Waals surface area contributed by atoms with E-state index in [1.165, 1.54) is 55.3 Å². The van der Waals surface area contributed by atoms with Gasteiger partial charge in [-0.3, -0.25) is 0 Å². The molecule has 2 heteroatoms. The average molecular weight is 828 g/mol. The highest BCUT2D eigenvalue weighted by Gasteiger charge is 2.46. The fraction of sp³-hybridized carbons (Fsp3) is 0.0159. The summed E-state index contributed by atoms with van der Waals surface area (Å²) in [6, 6.07) is 91.0. The number of furan rings is 1. The maximum atomic E-state index is 6.49. The fourth-order valence-electron chi connectivity index (χ4n) is 10.9. The minimum absolute atomic E-state index is 0.534. The Labute approximate surface area is 377 Å². The molecule has 0 spiro atoms. The molecule has 0 aliphatic heterocycles. The number of para-hydroxylation sites is 2. The van der Waals surface area contributed by atoms with E-state index in [2.05, 4.69) is 248 Å². The summed E-state index contributed by atoms with van der Waals surface area (Å²) >= 11 is 0. The van der Waals surface area contributed by atoms with E-state index >= 15 is 0 Å². The van der Waals surface area contributed by atoms with Gasteiger partial charge in [0, 0.05) is 33.1 Å². The standard InChI is InChI=1S/C63H41NO/c1-3-18-46(19-4-1)63(47-20-5-2-6-21-47)58-27-12-9-24-54(58)55-39-36-49(41-59(55)63)64(48-34-30-43(31-35-48)51-26-15-17-42-16-7-8-22-50(42)51)60-28-13-10-23-52(60)44-32-37-53-45(40-44)33-38-57-56-25-11-14-29-61(56)65-62(53)57/h1-41H. The van der Waals surface area contributed by atoms with E-state index in [1.54, 1.807) is 0 Å². The van der Waals surface area contributed by atoms with Crippen molar-refractivity contribution in [3.05, 3.63) is 271 Å². The van der Waals surface area contributed by atoms with Gasteiger partial charge in [-0.15, -0.1) is 0 Å². The first kappa shape index (κ1) is 37.1. The lowest BCUT2D eigenvalue weighted by molar-refractivity contribution is 0.672. The maximum absolute atomic E-state index is 6.49. The highest BCUT2D eigenvalue weighted by Crippen LogP contribution is 2.57. The van der Waals surface area contributed by atoms with Gasteiger partial charge < -0.3 is 9.32 Å². The van der Waals surface area contributed by atoms with Crippen molar-refractivity contribution in [3.63, 3.8) is 0 Å². The maximum Gasteiger partial charge on any atom is 0.143 e. The Hall–Kier alpha value is -8.46. The molecule has 0 saturated carbocycles. The SMILES string of the molecule is c1ccc(C2(c3ccccc3)c3ccccc3-c3ccc(N(c4ccc(-c5cccc6ccccc56)cc4)c4ccccc4-c4ccc5c(ccc6c7ccccc7oc56)c4)cc32)cc1. The lowest BCUT2D eigenvalue weighted by Gasteiger charge is -2.35. The van der Waals surface area contributed by atoms with Crippen LogP contribution in [0.5, 0.6) is 0 Å². The Balaban J connectivity index is 1.03. The van der Waals surface area contributed by atoms with Crippen LogP contribution < -0.4 is 4.90 Å². The smallest absolute Gasteiger partial charge is 0.143 e. The third-order valence-electron chi connectivity index (χ3n) is 13.7. The van der Waals surface area contributed by atoms with Crippen LogP contribution in [0.1, 0.15) is 22.3 Å². The molecule has 1 aliphatic rings. The fourth-order valence-corrected chi connectivity index (χ4v) is 10.9. The number of anilines is 3. The summed E-state index contributed by atoms with van der Waals surface area (Å²) in [7, 11) is 0. The molecule has 1 aliphatic carbocycles. The first-order valence-corrected chi connectivity index (χ1v) is 22.4. The molecule has 0 N–H and O–H groups in total. The van der Waals surface area contributed by atoms with Crippen LogP contribution in [0.4, 0.5) is 17.1 Å². The van der Waals surface area contributed by atoms with Crippen molar-refractivity contribution in [1.29, 1.82) is 0 Å². The normalized spacial score (nSPS) is 12.7. The van der Waals surface area contributed by atoms with E-state index < -0.39 is 5.41 Å². The van der Waals surface area contributed by atoms with Gasteiger partial charge in [-0.1, -0.05) is 194 Å². The zero-order valence-electron chi connectivity index (χ0n) is 35.5. The predicted molar refractivity (Wildman–Crippen MR) is 272 cm³/mol. The van der Waals surface area contributed by atoms with Gasteiger partial charge >= 0.3 is 0 Å². The monoisotopic (exact) mass is 827 g/mol. The summed E-state index contributed by atoms with van der Waals surface area (Å²) < 4.78 is 6.49. The lowest BCUT2D eigenvalue weighted by Crippen LogP contribution is -2.28. The van der Waals surface area contributed by atoms with Crippen LogP contribution in [0.3, 0.4) is 0 Å². The van der Waals surface area contributed by atoms with E-state index in [0.717, 1.165) is 60.9 Å². The Morgan fingerprint density at radius 2 is 0.923 bits per heavy atom. The average Bonchev–Trinajstić information content (AvgIpc) is 3.91. The van der Waals surface area contributed by atoms with Crippen molar-refractivity contribution in [2.45, 2.75) is 5.41 Å². The van der Waals surface area contributed by atoms with Crippen molar-refractivity contribution in [2.75, 3.05) is 4.90 Å². The summed E-state index contributed by atoms with van der Waals surface area (Å²) in [4.78, 5) is 2.46. The van der Waals surface area contributed by atoms with Gasteiger partial charge in [0.15, 0.2) is 0 Å². The number of nitrogens with zero attached hydrogens (tertiary/aromatic N) is 1. The molecule has 12 aromatic rings. The summed E-state index contributed by atoms with van der Waals surface area (Å²) in [6.45, 7) is 0. The molecule has 1 aromatic heterocycles. The van der Waals surface area contributed by atoms with Gasteiger partial charge in [-0.05, 0) is 121 Å². The Morgan fingerprint density at radius 3 is 1.74 bits per heavy atom. The van der Waals surface area contributed by atoms with E-state index in [4.69, 9.17) is 4.42 Å². The highest BCUT2D eigenvalue weighted by molar-refractivity contribution is 6.15. The number of hydrogen-bond donors (Lipinski definition) is 0. The van der Waals surface area contributed by atoms with E-state index in [-0.39, 0.29) is 0 Å². The van der Waals surface area contributed by atoms with Crippen LogP contribution in [0, 0.1) is 0 Å². The number of benzene rings is 11. The third kappa shape index (κ3) is 5.74. The number of rotatable bonds is 7. The Bertz CT molecular complexity index is 3730. The van der Waals surface area contributed by atoms with Gasteiger partial charge in [-0.2, -0.15) is 0 Å². The lowest BCUT2D eigenvalue weighted by atomic mass is 9.67. The molecule has 2 nitrogen and oxygen atoms in total. The molecule has 11 aromatic carbocycles. The second kappa shape index (κ2) is 14.8. The van der Waals surface area contributed by atoms with Crippen LogP contribution in [0.15, 0.2) is 253 Å². The first-order valence-electron chi connectivity index (χ1n) is 22.4. The number of hydrogen-bond acceptors (Lipinski definition) is 2. The molecule has 0 unspecified atom stereocenters. The Kier molecular flexibility index (Phi) is 8.47. The van der Waals surface area contributed by atoms with Crippen molar-refractivity contribution in [1.82, 2.24) is 0 Å². The molecule has 304 valence electrons. The minimum Gasteiger partial charge on any atom is -0.455 e. The zero-order chi connectivity index (χ0) is 42.9. The van der Waals surface area contributed by atoms with Crippen LogP contribution in [-0.2, 0) is 5.41 Å². The summed E-state index contributed by atoms with van der Waals surface area (Å²) in [5, 5.41) is 7.01. The second-order valence-corrected chi connectivity index (χ2v) is 17.2. The van der Waals surface area contributed by atoms with Gasteiger partial charge in [0.25, 0.3) is 0 Å². The number of fused-ring (bicyclic) bond motifs is 9. The van der Waals surface area contributed by atoms with Crippen molar-refractivity contribution >= 4 is 60.5 Å². The summed E-state index contributed by atoms with van der Waals surface area (Å²) in [6.07, 6.45) is 0. The van der Waals surface area contributed by atoms with Crippen molar-refractivity contribution in [2.24, 2.45) is 0 Å². The topological polar surface area (TPSA) is 16.4 Å². The third-order valence-corrected chi connectivity index (χ3v) is 13.7. The molecule has 0 radical (unpaired) electrons. The molecule has 0 saturated heterocycles. The second-order valence-electron chi connectivity index (χ2n) is 17.2. The highest BCUT2D eigenvalue weighted by atomic mass is 16.3. The Morgan fingerprint density at radius 1 is 0.323 bits per heavy atom.